The normalized spacial score (nSPS) is 25.2. The maximum absolute atomic E-state index is 9.44. The van der Waals surface area contributed by atoms with E-state index in [0.29, 0.717) is 6.04 Å². The standard InChI is InChI=1S/C13H23N3O2/c1-10(2)16-11(4-5-14-16)7-15-8-13(18-3)6-12(15)9-17/h4-5,10,12-13,17H,6-9H2,1-3H3/t12-,13+/m0/s1. The number of nitrogens with zero attached hydrogens (tertiary/aromatic N) is 3. The van der Waals surface area contributed by atoms with Crippen molar-refractivity contribution in [2.75, 3.05) is 20.3 Å². The third-order valence-corrected chi connectivity index (χ3v) is 3.64. The van der Waals surface area contributed by atoms with Gasteiger partial charge in [0.05, 0.1) is 18.4 Å². The Morgan fingerprint density at radius 1 is 1.56 bits per heavy atom. The summed E-state index contributed by atoms with van der Waals surface area (Å²) in [7, 11) is 1.74. The molecular weight excluding hydrogens is 230 g/mol. The molecule has 5 nitrogen and oxygen atoms in total. The summed E-state index contributed by atoms with van der Waals surface area (Å²) in [6.07, 6.45) is 2.98. The fourth-order valence-electron chi connectivity index (χ4n) is 2.63. The summed E-state index contributed by atoms with van der Waals surface area (Å²) in [6.45, 7) is 6.15. The van der Waals surface area contributed by atoms with Gasteiger partial charge in [0.1, 0.15) is 0 Å². The lowest BCUT2D eigenvalue weighted by Crippen LogP contribution is -2.33. The van der Waals surface area contributed by atoms with Gasteiger partial charge in [-0.3, -0.25) is 9.58 Å². The predicted molar refractivity (Wildman–Crippen MR) is 69.3 cm³/mol. The second kappa shape index (κ2) is 5.82. The van der Waals surface area contributed by atoms with Crippen molar-refractivity contribution in [2.45, 2.75) is 45.0 Å². The number of hydrogen-bond donors (Lipinski definition) is 1. The van der Waals surface area contributed by atoms with Gasteiger partial charge in [0.25, 0.3) is 0 Å². The zero-order valence-electron chi connectivity index (χ0n) is 11.4. The number of aromatic nitrogens is 2. The molecule has 2 atom stereocenters. The van der Waals surface area contributed by atoms with Crippen LogP contribution in [-0.4, -0.2) is 52.2 Å². The first-order valence-corrected chi connectivity index (χ1v) is 6.55. The summed E-state index contributed by atoms with van der Waals surface area (Å²) in [4.78, 5) is 2.28. The Bertz CT molecular complexity index is 378. The van der Waals surface area contributed by atoms with Crippen LogP contribution in [0.1, 0.15) is 32.0 Å². The van der Waals surface area contributed by atoms with E-state index in [4.69, 9.17) is 4.74 Å². The molecule has 1 aliphatic heterocycles. The van der Waals surface area contributed by atoms with Crippen LogP contribution in [0.4, 0.5) is 0 Å². The lowest BCUT2D eigenvalue weighted by Gasteiger charge is -2.23. The lowest BCUT2D eigenvalue weighted by molar-refractivity contribution is 0.106. The van der Waals surface area contributed by atoms with Crippen LogP contribution in [0, 0.1) is 0 Å². The van der Waals surface area contributed by atoms with Crippen LogP contribution in [0.5, 0.6) is 0 Å². The molecule has 0 saturated carbocycles. The zero-order chi connectivity index (χ0) is 13.1. The zero-order valence-corrected chi connectivity index (χ0v) is 11.4. The van der Waals surface area contributed by atoms with Crippen LogP contribution in [-0.2, 0) is 11.3 Å². The van der Waals surface area contributed by atoms with Gasteiger partial charge >= 0.3 is 0 Å². The maximum atomic E-state index is 9.44. The van der Waals surface area contributed by atoms with Gasteiger partial charge in [-0.05, 0) is 26.3 Å². The van der Waals surface area contributed by atoms with E-state index in [-0.39, 0.29) is 18.8 Å². The second-order valence-corrected chi connectivity index (χ2v) is 5.22. The number of rotatable bonds is 5. The van der Waals surface area contributed by atoms with E-state index in [1.807, 2.05) is 10.9 Å². The van der Waals surface area contributed by atoms with Crippen molar-refractivity contribution in [1.82, 2.24) is 14.7 Å². The molecule has 2 heterocycles. The minimum atomic E-state index is 0.190. The van der Waals surface area contributed by atoms with Crippen molar-refractivity contribution < 1.29 is 9.84 Å². The topological polar surface area (TPSA) is 50.5 Å². The van der Waals surface area contributed by atoms with Crippen LogP contribution >= 0.6 is 0 Å². The molecule has 0 bridgehead atoms. The highest BCUT2D eigenvalue weighted by atomic mass is 16.5. The maximum Gasteiger partial charge on any atom is 0.0714 e. The lowest BCUT2D eigenvalue weighted by atomic mass is 10.2. The van der Waals surface area contributed by atoms with E-state index in [0.717, 1.165) is 19.5 Å². The summed E-state index contributed by atoms with van der Waals surface area (Å²) in [5.41, 5.74) is 1.19. The first-order chi connectivity index (χ1) is 8.65. The quantitative estimate of drug-likeness (QED) is 0.852. The molecule has 1 aromatic rings. The molecule has 1 fully saturated rings. The van der Waals surface area contributed by atoms with Gasteiger partial charge in [-0.25, -0.2) is 0 Å². The van der Waals surface area contributed by atoms with E-state index in [1.54, 1.807) is 7.11 Å². The largest absolute Gasteiger partial charge is 0.395 e. The number of ether oxygens (including phenoxy) is 1. The molecular formula is C13H23N3O2. The highest BCUT2D eigenvalue weighted by Gasteiger charge is 2.32. The molecule has 1 aliphatic rings. The van der Waals surface area contributed by atoms with Gasteiger partial charge in [-0.1, -0.05) is 0 Å². The van der Waals surface area contributed by atoms with Crippen molar-refractivity contribution >= 4 is 0 Å². The monoisotopic (exact) mass is 253 g/mol. The number of methoxy groups -OCH3 is 1. The van der Waals surface area contributed by atoms with E-state index in [2.05, 4.69) is 29.9 Å². The second-order valence-electron chi connectivity index (χ2n) is 5.22. The van der Waals surface area contributed by atoms with Crippen molar-refractivity contribution in [1.29, 1.82) is 0 Å². The van der Waals surface area contributed by atoms with Gasteiger partial charge in [-0.15, -0.1) is 0 Å². The summed E-state index contributed by atoms with van der Waals surface area (Å²) in [6, 6.07) is 2.61. The molecule has 1 saturated heterocycles. The molecule has 1 aromatic heterocycles. The van der Waals surface area contributed by atoms with E-state index in [9.17, 15) is 5.11 Å². The number of aliphatic hydroxyl groups is 1. The van der Waals surface area contributed by atoms with Crippen molar-refractivity contribution in [3.05, 3.63) is 18.0 Å². The number of aliphatic hydroxyl groups excluding tert-OH is 1. The Kier molecular flexibility index (Phi) is 4.37. The number of likely N-dealkylation sites (tertiary alicyclic amines) is 1. The SMILES string of the molecule is CO[C@@H]1C[C@@H](CO)N(Cc2ccnn2C(C)C)C1. The van der Waals surface area contributed by atoms with E-state index in [1.165, 1.54) is 5.69 Å². The molecule has 102 valence electrons. The Morgan fingerprint density at radius 2 is 2.33 bits per heavy atom. The van der Waals surface area contributed by atoms with E-state index >= 15 is 0 Å². The molecule has 2 rings (SSSR count). The first-order valence-electron chi connectivity index (χ1n) is 6.55. The average molecular weight is 253 g/mol. The Morgan fingerprint density at radius 3 is 2.94 bits per heavy atom. The van der Waals surface area contributed by atoms with Crippen LogP contribution in [0.2, 0.25) is 0 Å². The highest BCUT2D eigenvalue weighted by molar-refractivity contribution is 5.03. The predicted octanol–water partition coefficient (Wildman–Crippen LogP) is 1.05. The Hall–Kier alpha value is -0.910. The molecule has 0 unspecified atom stereocenters. The van der Waals surface area contributed by atoms with Crippen LogP contribution in [0.3, 0.4) is 0 Å². The smallest absolute Gasteiger partial charge is 0.0714 e. The van der Waals surface area contributed by atoms with Gasteiger partial charge in [0, 0.05) is 38.5 Å². The van der Waals surface area contributed by atoms with Crippen LogP contribution in [0.15, 0.2) is 12.3 Å². The van der Waals surface area contributed by atoms with Gasteiger partial charge in [0.2, 0.25) is 0 Å². The minimum Gasteiger partial charge on any atom is -0.395 e. The summed E-state index contributed by atoms with van der Waals surface area (Å²) in [5, 5.41) is 13.8. The molecule has 0 aliphatic carbocycles. The van der Waals surface area contributed by atoms with Crippen molar-refractivity contribution in [3.63, 3.8) is 0 Å². The fourth-order valence-corrected chi connectivity index (χ4v) is 2.63. The van der Waals surface area contributed by atoms with Crippen LogP contribution in [0.25, 0.3) is 0 Å². The Labute approximate surface area is 108 Å². The van der Waals surface area contributed by atoms with Crippen LogP contribution < -0.4 is 0 Å². The average Bonchev–Trinajstić information content (AvgIpc) is 2.95. The van der Waals surface area contributed by atoms with E-state index < -0.39 is 0 Å². The molecule has 1 N–H and O–H groups in total. The Balaban J connectivity index is 2.06. The first kappa shape index (κ1) is 13.5. The van der Waals surface area contributed by atoms with Crippen molar-refractivity contribution in [3.8, 4) is 0 Å². The summed E-state index contributed by atoms with van der Waals surface area (Å²) >= 11 is 0. The van der Waals surface area contributed by atoms with Gasteiger partial charge in [0.15, 0.2) is 0 Å². The number of hydrogen-bond acceptors (Lipinski definition) is 4. The molecule has 0 spiro atoms. The van der Waals surface area contributed by atoms with Crippen molar-refractivity contribution in [2.24, 2.45) is 0 Å². The molecule has 0 amide bonds. The molecule has 5 heteroatoms. The summed E-state index contributed by atoms with van der Waals surface area (Å²) < 4.78 is 7.43. The fraction of sp³-hybridized carbons (Fsp3) is 0.769. The third-order valence-electron chi connectivity index (χ3n) is 3.64. The molecule has 0 aromatic carbocycles. The summed E-state index contributed by atoms with van der Waals surface area (Å²) in [5.74, 6) is 0. The highest BCUT2D eigenvalue weighted by Crippen LogP contribution is 2.22. The minimum absolute atomic E-state index is 0.190. The molecule has 0 radical (unpaired) electrons. The third kappa shape index (κ3) is 2.74. The van der Waals surface area contributed by atoms with Gasteiger partial charge < -0.3 is 9.84 Å². The van der Waals surface area contributed by atoms with Gasteiger partial charge in [-0.2, -0.15) is 5.10 Å². The molecule has 18 heavy (non-hydrogen) atoms.